The number of carbonyl (C=O) groups is 4. The molecule has 0 heterocycles. The Hall–Kier alpha value is -5.26. The smallest absolute Gasteiger partial charge is 0.408 e. The second kappa shape index (κ2) is 15.5. The van der Waals surface area contributed by atoms with Gasteiger partial charge in [-0.25, -0.2) is 4.79 Å². The van der Waals surface area contributed by atoms with Crippen LogP contribution < -0.4 is 16.4 Å². The largest absolute Gasteiger partial charge is 0.466 e. The van der Waals surface area contributed by atoms with E-state index in [0.717, 1.165) is 11.1 Å². The highest BCUT2D eigenvalue weighted by Crippen LogP contribution is 2.27. The van der Waals surface area contributed by atoms with E-state index in [2.05, 4.69) is 10.6 Å². The summed E-state index contributed by atoms with van der Waals surface area (Å²) >= 11 is 0. The van der Waals surface area contributed by atoms with Crippen molar-refractivity contribution in [3.63, 3.8) is 0 Å². The minimum absolute atomic E-state index is 0.0297. The molecule has 220 valence electrons. The summed E-state index contributed by atoms with van der Waals surface area (Å²) in [6, 6.07) is 20.4. The predicted molar refractivity (Wildman–Crippen MR) is 152 cm³/mol. The van der Waals surface area contributed by atoms with Crippen LogP contribution in [0.5, 0.6) is 0 Å². The van der Waals surface area contributed by atoms with Gasteiger partial charge in [0, 0.05) is 24.5 Å². The van der Waals surface area contributed by atoms with Gasteiger partial charge in [0.2, 0.25) is 11.8 Å². The summed E-state index contributed by atoms with van der Waals surface area (Å²) < 4.78 is 10.3. The second-order valence-corrected chi connectivity index (χ2v) is 9.30. The molecule has 0 bridgehead atoms. The number of nitrogens with one attached hydrogen (secondary N) is 2. The summed E-state index contributed by atoms with van der Waals surface area (Å²) in [5.41, 5.74) is 7.30. The molecule has 3 aromatic rings. The summed E-state index contributed by atoms with van der Waals surface area (Å²) in [4.78, 5) is 61.9. The molecule has 12 heteroatoms. The molecule has 0 saturated heterocycles. The molecular weight excluding hydrogens is 544 g/mol. The molecule has 0 saturated carbocycles. The quantitative estimate of drug-likeness (QED) is 0.149. The highest BCUT2D eigenvalue weighted by molar-refractivity contribution is 5.92. The minimum atomic E-state index is -1.43. The van der Waals surface area contributed by atoms with Crippen LogP contribution >= 0.6 is 0 Å². The summed E-state index contributed by atoms with van der Waals surface area (Å²) in [6.45, 7) is 1.66. The van der Waals surface area contributed by atoms with Crippen molar-refractivity contribution in [1.82, 2.24) is 10.6 Å². The Labute approximate surface area is 242 Å². The summed E-state index contributed by atoms with van der Waals surface area (Å²) in [5.74, 6) is -3.39. The zero-order valence-corrected chi connectivity index (χ0v) is 22.9. The van der Waals surface area contributed by atoms with Gasteiger partial charge in [-0.1, -0.05) is 72.8 Å². The molecule has 4 N–H and O–H groups in total. The average Bonchev–Trinajstić information content (AvgIpc) is 2.98. The van der Waals surface area contributed by atoms with Crippen LogP contribution in [0.2, 0.25) is 0 Å². The van der Waals surface area contributed by atoms with Crippen molar-refractivity contribution in [1.29, 1.82) is 0 Å². The lowest BCUT2D eigenvalue weighted by Gasteiger charge is -2.28. The number of amides is 3. The lowest BCUT2D eigenvalue weighted by molar-refractivity contribution is -0.384. The van der Waals surface area contributed by atoms with Crippen molar-refractivity contribution in [2.24, 2.45) is 5.73 Å². The number of carbonyl (C=O) groups excluding carboxylic acids is 4. The lowest BCUT2D eigenvalue weighted by Crippen LogP contribution is -2.55. The number of non-ortho nitro benzene ring substituents is 1. The van der Waals surface area contributed by atoms with Gasteiger partial charge in [0.05, 0.1) is 18.0 Å². The van der Waals surface area contributed by atoms with E-state index in [0.29, 0.717) is 5.56 Å². The van der Waals surface area contributed by atoms with E-state index >= 15 is 0 Å². The number of hydrogen-bond acceptors (Lipinski definition) is 8. The predicted octanol–water partition coefficient (Wildman–Crippen LogP) is 3.14. The Kier molecular flexibility index (Phi) is 11.5. The third-order valence-electron chi connectivity index (χ3n) is 6.33. The monoisotopic (exact) mass is 576 g/mol. The molecule has 42 heavy (non-hydrogen) atoms. The molecule has 0 aliphatic carbocycles. The van der Waals surface area contributed by atoms with E-state index in [1.807, 2.05) is 6.07 Å². The Morgan fingerprint density at radius 2 is 1.45 bits per heavy atom. The summed E-state index contributed by atoms with van der Waals surface area (Å²) in [5, 5.41) is 16.3. The number of hydrogen-bond donors (Lipinski definition) is 3. The number of esters is 1. The van der Waals surface area contributed by atoms with Crippen molar-refractivity contribution in [3.05, 3.63) is 112 Å². The van der Waals surface area contributed by atoms with Crippen LogP contribution in [0.15, 0.2) is 84.9 Å². The van der Waals surface area contributed by atoms with Crippen molar-refractivity contribution in [3.8, 4) is 0 Å². The van der Waals surface area contributed by atoms with Gasteiger partial charge in [-0.15, -0.1) is 0 Å². The maximum absolute atomic E-state index is 13.6. The van der Waals surface area contributed by atoms with Crippen LogP contribution in [0.25, 0.3) is 0 Å². The number of nitrogens with zero attached hydrogens (tertiary/aromatic N) is 1. The van der Waals surface area contributed by atoms with E-state index < -0.39 is 46.8 Å². The minimum Gasteiger partial charge on any atom is -0.466 e. The van der Waals surface area contributed by atoms with E-state index in [-0.39, 0.29) is 31.7 Å². The number of benzene rings is 3. The Bertz CT molecular complexity index is 1370. The van der Waals surface area contributed by atoms with Gasteiger partial charge in [-0.05, 0) is 23.6 Å². The molecule has 0 aliphatic rings. The number of nitro groups is 1. The third-order valence-corrected chi connectivity index (χ3v) is 6.33. The number of nitro benzene ring substituents is 1. The molecule has 0 aromatic heterocycles. The first-order valence-corrected chi connectivity index (χ1v) is 13.2. The highest BCUT2D eigenvalue weighted by atomic mass is 16.6. The van der Waals surface area contributed by atoms with Gasteiger partial charge in [-0.3, -0.25) is 24.5 Å². The van der Waals surface area contributed by atoms with E-state index in [1.165, 1.54) is 24.3 Å². The van der Waals surface area contributed by atoms with Crippen LogP contribution in [0.4, 0.5) is 10.5 Å². The van der Waals surface area contributed by atoms with Crippen LogP contribution in [0, 0.1) is 10.1 Å². The van der Waals surface area contributed by atoms with Crippen molar-refractivity contribution in [2.45, 2.75) is 44.4 Å². The maximum atomic E-state index is 13.6. The van der Waals surface area contributed by atoms with Gasteiger partial charge < -0.3 is 25.8 Å². The first kappa shape index (κ1) is 31.3. The number of alkyl carbamates (subject to hydrolysis) is 1. The molecule has 3 atom stereocenters. The molecule has 3 rings (SSSR count). The molecular formula is C30H32N4O8. The molecule has 0 aliphatic heterocycles. The van der Waals surface area contributed by atoms with Crippen LogP contribution in [-0.4, -0.2) is 47.5 Å². The fraction of sp³-hybridized carbons (Fsp3) is 0.267. The first-order valence-electron chi connectivity index (χ1n) is 13.2. The number of rotatable bonds is 14. The lowest BCUT2D eigenvalue weighted by atomic mass is 9.87. The zero-order valence-electron chi connectivity index (χ0n) is 22.9. The van der Waals surface area contributed by atoms with Crippen molar-refractivity contribution < 1.29 is 33.6 Å². The summed E-state index contributed by atoms with van der Waals surface area (Å²) in [6.07, 6.45) is -1.15. The second-order valence-electron chi connectivity index (χ2n) is 9.30. The van der Waals surface area contributed by atoms with Gasteiger partial charge in [0.15, 0.2) is 0 Å². The topological polar surface area (TPSA) is 180 Å². The van der Waals surface area contributed by atoms with Crippen molar-refractivity contribution >= 4 is 29.6 Å². The molecule has 0 radical (unpaired) electrons. The van der Waals surface area contributed by atoms with E-state index in [9.17, 15) is 29.3 Å². The fourth-order valence-corrected chi connectivity index (χ4v) is 4.26. The first-order chi connectivity index (χ1) is 20.2. The van der Waals surface area contributed by atoms with Gasteiger partial charge in [-0.2, -0.15) is 0 Å². The fourth-order valence-electron chi connectivity index (χ4n) is 4.26. The average molecular weight is 577 g/mol. The van der Waals surface area contributed by atoms with Gasteiger partial charge in [0.1, 0.15) is 18.7 Å². The number of ether oxygens (including phenoxy) is 2. The Balaban J connectivity index is 1.85. The third kappa shape index (κ3) is 9.44. The molecule has 3 amide bonds. The molecule has 0 fully saturated rings. The van der Waals surface area contributed by atoms with Crippen LogP contribution in [0.3, 0.4) is 0 Å². The molecule has 0 spiro atoms. The SMILES string of the molecule is CCOC(=O)C[C@H](c1ccc([N+](=O)[O-])cc1)[C@H](NC(=O)[C@H](Cc1ccccc1)NC(=O)OCc1ccccc1)C(N)=O. The van der Waals surface area contributed by atoms with Gasteiger partial charge >= 0.3 is 12.1 Å². The molecule has 3 aromatic carbocycles. The molecule has 12 nitrogen and oxygen atoms in total. The maximum Gasteiger partial charge on any atom is 0.408 e. The molecule has 0 unspecified atom stereocenters. The highest BCUT2D eigenvalue weighted by Gasteiger charge is 2.34. The zero-order chi connectivity index (χ0) is 30.5. The summed E-state index contributed by atoms with van der Waals surface area (Å²) in [7, 11) is 0. The van der Waals surface area contributed by atoms with E-state index in [1.54, 1.807) is 61.5 Å². The Morgan fingerprint density at radius 1 is 0.857 bits per heavy atom. The van der Waals surface area contributed by atoms with Crippen LogP contribution in [0.1, 0.15) is 36.0 Å². The number of primary amides is 1. The Morgan fingerprint density at radius 3 is 2.00 bits per heavy atom. The standard InChI is InChI=1S/C30H32N4O8/c1-2-41-26(35)18-24(22-13-15-23(16-14-22)34(39)40)27(28(31)36)33-29(37)25(17-20-9-5-3-6-10-20)32-30(38)42-19-21-11-7-4-8-12-21/h3-16,24-25,27H,2,17-19H2,1H3,(H2,31,36)(H,32,38)(H,33,37)/t24-,25+,27+/m1/s1. The van der Waals surface area contributed by atoms with Crippen LogP contribution in [-0.2, 0) is 36.9 Å². The normalized spacial score (nSPS) is 12.7. The van der Waals surface area contributed by atoms with Gasteiger partial charge in [0.25, 0.3) is 5.69 Å². The number of nitrogens with two attached hydrogens (primary N) is 1. The van der Waals surface area contributed by atoms with E-state index in [4.69, 9.17) is 15.2 Å². The van der Waals surface area contributed by atoms with Crippen molar-refractivity contribution in [2.75, 3.05) is 6.61 Å².